The lowest BCUT2D eigenvalue weighted by Gasteiger charge is -2.23. The first kappa shape index (κ1) is 19.9. The van der Waals surface area contributed by atoms with Crippen molar-refractivity contribution in [2.45, 2.75) is 19.8 Å². The van der Waals surface area contributed by atoms with Gasteiger partial charge in [0.2, 0.25) is 15.9 Å². The number of rotatable bonds is 8. The summed E-state index contributed by atoms with van der Waals surface area (Å²) < 4.78 is 25.4. The molecule has 0 aliphatic carbocycles. The summed E-state index contributed by atoms with van der Waals surface area (Å²) in [6.45, 7) is 2.02. The third kappa shape index (κ3) is 4.89. The number of hydrogen-bond donors (Lipinski definition) is 2. The highest BCUT2D eigenvalue weighted by molar-refractivity contribution is 7.92. The molecular formula is C20H24N4O3S. The van der Waals surface area contributed by atoms with E-state index in [1.54, 1.807) is 12.1 Å². The average Bonchev–Trinajstić information content (AvgIpc) is 3.06. The van der Waals surface area contributed by atoms with Gasteiger partial charge in [-0.15, -0.1) is 0 Å². The van der Waals surface area contributed by atoms with Gasteiger partial charge in [-0.25, -0.2) is 13.4 Å². The minimum absolute atomic E-state index is 0.242. The number of sulfonamides is 1. The fourth-order valence-electron chi connectivity index (χ4n) is 3.02. The van der Waals surface area contributed by atoms with Crippen molar-refractivity contribution in [2.75, 3.05) is 23.7 Å². The quantitative estimate of drug-likeness (QED) is 0.568. The van der Waals surface area contributed by atoms with Crippen LogP contribution in [0.4, 0.5) is 5.69 Å². The van der Waals surface area contributed by atoms with E-state index < -0.39 is 10.0 Å². The number of aromatic amines is 1. The van der Waals surface area contributed by atoms with Crippen LogP contribution in [0.2, 0.25) is 0 Å². The van der Waals surface area contributed by atoms with Crippen molar-refractivity contribution < 1.29 is 13.2 Å². The fourth-order valence-corrected chi connectivity index (χ4v) is 3.93. The standard InChI is InChI=1S/C20H24N4O3S/c1-15-8-3-6-11-18(15)24(28(2,26)27)14-20(25)21-13-7-12-19-22-16-9-4-5-10-17(16)23-19/h3-6,8-11H,7,12-14H2,1-2H3,(H,21,25)(H,22,23). The van der Waals surface area contributed by atoms with E-state index in [1.807, 2.05) is 43.3 Å². The number of carbonyl (C=O) groups excluding carboxylic acids is 1. The van der Waals surface area contributed by atoms with Crippen LogP contribution in [-0.4, -0.2) is 43.6 Å². The van der Waals surface area contributed by atoms with Crippen LogP contribution < -0.4 is 9.62 Å². The molecule has 2 aromatic carbocycles. The first-order chi connectivity index (χ1) is 13.3. The predicted molar refractivity (Wildman–Crippen MR) is 111 cm³/mol. The van der Waals surface area contributed by atoms with E-state index in [2.05, 4.69) is 15.3 Å². The molecular weight excluding hydrogens is 376 g/mol. The van der Waals surface area contributed by atoms with E-state index in [1.165, 1.54) is 0 Å². The third-order valence-electron chi connectivity index (χ3n) is 4.42. The molecule has 0 saturated heterocycles. The van der Waals surface area contributed by atoms with Crippen molar-refractivity contribution in [3.8, 4) is 0 Å². The lowest BCUT2D eigenvalue weighted by atomic mass is 10.2. The smallest absolute Gasteiger partial charge is 0.240 e. The molecule has 0 aliphatic rings. The Kier molecular flexibility index (Phi) is 5.99. The molecule has 3 aromatic rings. The third-order valence-corrected chi connectivity index (χ3v) is 5.55. The highest BCUT2D eigenvalue weighted by Gasteiger charge is 2.21. The van der Waals surface area contributed by atoms with Crippen LogP contribution >= 0.6 is 0 Å². The maximum Gasteiger partial charge on any atom is 0.240 e. The summed E-state index contributed by atoms with van der Waals surface area (Å²) in [7, 11) is -3.57. The number of aryl methyl sites for hydroxylation is 2. The van der Waals surface area contributed by atoms with Crippen molar-refractivity contribution in [2.24, 2.45) is 0 Å². The number of imidazole rings is 1. The van der Waals surface area contributed by atoms with Gasteiger partial charge in [0.05, 0.1) is 23.0 Å². The topological polar surface area (TPSA) is 95.2 Å². The van der Waals surface area contributed by atoms with Crippen LogP contribution in [0.25, 0.3) is 11.0 Å². The van der Waals surface area contributed by atoms with Gasteiger partial charge in [-0.3, -0.25) is 9.10 Å². The van der Waals surface area contributed by atoms with Gasteiger partial charge in [0, 0.05) is 13.0 Å². The molecule has 0 radical (unpaired) electrons. The number of carbonyl (C=O) groups is 1. The van der Waals surface area contributed by atoms with E-state index in [0.717, 1.165) is 33.0 Å². The Morgan fingerprint density at radius 3 is 2.57 bits per heavy atom. The summed E-state index contributed by atoms with van der Waals surface area (Å²) >= 11 is 0. The molecule has 0 saturated carbocycles. The number of benzene rings is 2. The Morgan fingerprint density at radius 2 is 1.86 bits per heavy atom. The van der Waals surface area contributed by atoms with Gasteiger partial charge in [0.1, 0.15) is 12.4 Å². The van der Waals surface area contributed by atoms with E-state index in [0.29, 0.717) is 25.1 Å². The number of amides is 1. The Labute approximate surface area is 164 Å². The SMILES string of the molecule is Cc1ccccc1N(CC(=O)NCCCc1nc2ccccc2[nH]1)S(C)(=O)=O. The summed E-state index contributed by atoms with van der Waals surface area (Å²) in [5, 5.41) is 2.79. The van der Waals surface area contributed by atoms with Gasteiger partial charge < -0.3 is 10.3 Å². The lowest BCUT2D eigenvalue weighted by molar-refractivity contribution is -0.119. The van der Waals surface area contributed by atoms with Gasteiger partial charge in [-0.05, 0) is 37.1 Å². The molecule has 3 rings (SSSR count). The molecule has 0 unspecified atom stereocenters. The van der Waals surface area contributed by atoms with Crippen LogP contribution in [0.3, 0.4) is 0 Å². The van der Waals surface area contributed by atoms with Crippen molar-refractivity contribution in [3.63, 3.8) is 0 Å². The maximum absolute atomic E-state index is 12.3. The van der Waals surface area contributed by atoms with Crippen molar-refractivity contribution in [1.29, 1.82) is 0 Å². The average molecular weight is 401 g/mol. The van der Waals surface area contributed by atoms with E-state index in [4.69, 9.17) is 0 Å². The number of aromatic nitrogens is 2. The molecule has 0 atom stereocenters. The fraction of sp³-hybridized carbons (Fsp3) is 0.300. The summed E-state index contributed by atoms with van der Waals surface area (Å²) in [5.74, 6) is 0.534. The molecule has 0 spiro atoms. The minimum Gasteiger partial charge on any atom is -0.355 e. The number of fused-ring (bicyclic) bond motifs is 1. The summed E-state index contributed by atoms with van der Waals surface area (Å²) in [4.78, 5) is 20.1. The number of H-pyrrole nitrogens is 1. The summed E-state index contributed by atoms with van der Waals surface area (Å²) in [6.07, 6.45) is 2.51. The lowest BCUT2D eigenvalue weighted by Crippen LogP contribution is -2.41. The van der Waals surface area contributed by atoms with Gasteiger partial charge in [0.15, 0.2) is 0 Å². The minimum atomic E-state index is -3.57. The number of nitrogens with zero attached hydrogens (tertiary/aromatic N) is 2. The molecule has 148 valence electrons. The largest absolute Gasteiger partial charge is 0.355 e. The first-order valence-electron chi connectivity index (χ1n) is 9.08. The number of anilines is 1. The van der Waals surface area contributed by atoms with E-state index in [9.17, 15) is 13.2 Å². The zero-order valence-corrected chi connectivity index (χ0v) is 16.8. The predicted octanol–water partition coefficient (Wildman–Crippen LogP) is 2.39. The molecule has 1 aromatic heterocycles. The van der Waals surface area contributed by atoms with Crippen LogP contribution in [0.15, 0.2) is 48.5 Å². The molecule has 1 amide bonds. The molecule has 7 nitrogen and oxygen atoms in total. The number of nitrogens with one attached hydrogen (secondary N) is 2. The number of para-hydroxylation sites is 3. The van der Waals surface area contributed by atoms with E-state index in [-0.39, 0.29) is 12.5 Å². The van der Waals surface area contributed by atoms with Gasteiger partial charge in [-0.1, -0.05) is 30.3 Å². The Balaban J connectivity index is 1.54. The molecule has 28 heavy (non-hydrogen) atoms. The zero-order chi connectivity index (χ0) is 20.1. The van der Waals surface area contributed by atoms with Crippen molar-refractivity contribution >= 4 is 32.7 Å². The Bertz CT molecular complexity index is 1040. The van der Waals surface area contributed by atoms with Gasteiger partial charge in [-0.2, -0.15) is 0 Å². The van der Waals surface area contributed by atoms with Gasteiger partial charge in [0.25, 0.3) is 0 Å². The van der Waals surface area contributed by atoms with E-state index >= 15 is 0 Å². The Hall–Kier alpha value is -2.87. The molecule has 8 heteroatoms. The molecule has 2 N–H and O–H groups in total. The number of hydrogen-bond acceptors (Lipinski definition) is 4. The molecule has 0 fully saturated rings. The molecule has 1 heterocycles. The second-order valence-electron chi connectivity index (χ2n) is 6.71. The van der Waals surface area contributed by atoms with Gasteiger partial charge >= 0.3 is 0 Å². The zero-order valence-electron chi connectivity index (χ0n) is 16.0. The first-order valence-corrected chi connectivity index (χ1v) is 10.9. The van der Waals surface area contributed by atoms with Crippen LogP contribution in [0.5, 0.6) is 0 Å². The normalized spacial score (nSPS) is 11.5. The maximum atomic E-state index is 12.3. The highest BCUT2D eigenvalue weighted by Crippen LogP contribution is 2.21. The van der Waals surface area contributed by atoms with Crippen LogP contribution in [-0.2, 0) is 21.2 Å². The highest BCUT2D eigenvalue weighted by atomic mass is 32.2. The molecule has 0 aliphatic heterocycles. The summed E-state index contributed by atoms with van der Waals surface area (Å²) in [5.41, 5.74) is 3.22. The molecule has 0 bridgehead atoms. The van der Waals surface area contributed by atoms with Crippen LogP contribution in [0.1, 0.15) is 17.8 Å². The summed E-state index contributed by atoms with van der Waals surface area (Å²) in [6, 6.07) is 14.9. The van der Waals surface area contributed by atoms with Crippen molar-refractivity contribution in [1.82, 2.24) is 15.3 Å². The van der Waals surface area contributed by atoms with Crippen LogP contribution in [0, 0.1) is 6.92 Å². The Morgan fingerprint density at radius 1 is 1.14 bits per heavy atom. The van der Waals surface area contributed by atoms with Crippen molar-refractivity contribution in [3.05, 3.63) is 59.9 Å². The second kappa shape index (κ2) is 8.43. The monoisotopic (exact) mass is 400 g/mol. The second-order valence-corrected chi connectivity index (χ2v) is 8.62.